The number of hydrogen-bond donors (Lipinski definition) is 6. The minimum atomic E-state index is -4.06. The molecule has 0 unspecified atom stereocenters. The van der Waals surface area contributed by atoms with Gasteiger partial charge in [-0.3, -0.25) is 4.31 Å². The van der Waals surface area contributed by atoms with Crippen LogP contribution in [-0.4, -0.2) is 84.0 Å². The van der Waals surface area contributed by atoms with Crippen LogP contribution in [-0.2, 0) is 16.6 Å². The number of piperidine rings is 2. The Hall–Kier alpha value is -4.25. The third kappa shape index (κ3) is 8.49. The molecule has 2 aliphatic heterocycles. The van der Waals surface area contributed by atoms with Gasteiger partial charge >= 0.3 is 0 Å². The van der Waals surface area contributed by atoms with Crippen molar-refractivity contribution in [3.05, 3.63) is 83.9 Å². The van der Waals surface area contributed by atoms with E-state index in [4.69, 9.17) is 22.2 Å². The van der Waals surface area contributed by atoms with Gasteiger partial charge in [-0.25, -0.2) is 8.42 Å². The second-order valence-corrected chi connectivity index (χ2v) is 14.5. The molecule has 0 radical (unpaired) electrons. The first-order valence-corrected chi connectivity index (χ1v) is 17.3. The molecule has 2 fully saturated rings. The first kappa shape index (κ1) is 36.0. The summed E-state index contributed by atoms with van der Waals surface area (Å²) in [6, 6.07) is 19.8. The van der Waals surface area contributed by atoms with Gasteiger partial charge in [0.1, 0.15) is 5.75 Å². The molecule has 3 aromatic carbocycles. The maximum absolute atomic E-state index is 14.0. The SMILES string of the molecule is Cc1ccc(S(=O)(=O)N(Cc2ccccc2)c2ccc(Nc3nc(N4C[C@H](N)C[C@H](N)C4)nc(N4C[C@@H](N)C[C@@H](O)C4)n3)cc2O)cc1.Cl. The van der Waals surface area contributed by atoms with Crippen molar-refractivity contribution in [3.63, 3.8) is 0 Å². The molecule has 0 spiro atoms. The molecule has 16 heteroatoms. The Morgan fingerprint density at radius 2 is 1.43 bits per heavy atom. The number of sulfonamides is 1. The number of aryl methyl sites for hydroxylation is 1. The average molecular weight is 711 g/mol. The number of β-amino-alcohol motifs (C(OH)–C–C–N with tert-alkyl or cyclic N) is 1. The van der Waals surface area contributed by atoms with Crippen LogP contribution in [0.3, 0.4) is 0 Å². The summed E-state index contributed by atoms with van der Waals surface area (Å²) >= 11 is 0. The highest BCUT2D eigenvalue weighted by Gasteiger charge is 2.30. The van der Waals surface area contributed by atoms with Gasteiger partial charge in [-0.2, -0.15) is 15.0 Å². The number of aliphatic hydroxyl groups is 1. The third-order valence-electron chi connectivity index (χ3n) is 8.43. The highest BCUT2D eigenvalue weighted by atomic mass is 35.5. The molecule has 0 aliphatic carbocycles. The van der Waals surface area contributed by atoms with Gasteiger partial charge in [0.2, 0.25) is 17.8 Å². The second kappa shape index (κ2) is 15.1. The van der Waals surface area contributed by atoms with E-state index in [0.29, 0.717) is 56.6 Å². The van der Waals surface area contributed by atoms with Gasteiger partial charge in [0.25, 0.3) is 10.0 Å². The zero-order chi connectivity index (χ0) is 34.0. The Morgan fingerprint density at radius 3 is 2.02 bits per heavy atom. The molecule has 49 heavy (non-hydrogen) atoms. The number of nitrogens with one attached hydrogen (secondary N) is 1. The number of nitrogens with two attached hydrogens (primary N) is 3. The maximum atomic E-state index is 14.0. The first-order chi connectivity index (χ1) is 22.9. The van der Waals surface area contributed by atoms with E-state index >= 15 is 0 Å². The minimum absolute atomic E-state index is 0. The fourth-order valence-corrected chi connectivity index (χ4v) is 7.60. The predicted molar refractivity (Wildman–Crippen MR) is 193 cm³/mol. The van der Waals surface area contributed by atoms with E-state index in [1.165, 1.54) is 16.4 Å². The number of anilines is 5. The number of phenols is 1. The highest BCUT2D eigenvalue weighted by molar-refractivity contribution is 7.92. The number of aromatic nitrogens is 3. The van der Waals surface area contributed by atoms with Crippen molar-refractivity contribution in [2.75, 3.05) is 45.6 Å². The monoisotopic (exact) mass is 710 g/mol. The maximum Gasteiger partial charge on any atom is 0.264 e. The normalized spacial score (nSPS) is 21.2. The van der Waals surface area contributed by atoms with Gasteiger partial charge < -0.3 is 42.5 Å². The quantitative estimate of drug-likeness (QED) is 0.147. The van der Waals surface area contributed by atoms with Crippen molar-refractivity contribution in [2.24, 2.45) is 17.2 Å². The Bertz CT molecular complexity index is 1770. The highest BCUT2D eigenvalue weighted by Crippen LogP contribution is 2.36. The molecule has 2 aliphatic rings. The van der Waals surface area contributed by atoms with Crippen LogP contribution >= 0.6 is 12.4 Å². The summed E-state index contributed by atoms with van der Waals surface area (Å²) in [5.41, 5.74) is 20.9. The van der Waals surface area contributed by atoms with Gasteiger partial charge in [0, 0.05) is 56.1 Å². The molecule has 0 bridgehead atoms. The molecule has 262 valence electrons. The van der Waals surface area contributed by atoms with Crippen molar-refractivity contribution in [3.8, 4) is 5.75 Å². The number of phenolic OH excluding ortho intramolecular Hbond substituents is 1. The van der Waals surface area contributed by atoms with E-state index in [9.17, 15) is 18.6 Å². The van der Waals surface area contributed by atoms with E-state index in [2.05, 4.69) is 15.3 Å². The Labute approximate surface area is 292 Å². The lowest BCUT2D eigenvalue weighted by atomic mass is 10.0. The topological polar surface area (TPSA) is 213 Å². The van der Waals surface area contributed by atoms with E-state index in [-0.39, 0.29) is 59.4 Å². The molecular weight excluding hydrogens is 668 g/mol. The Balaban J connectivity index is 0.00000468. The molecule has 1 aromatic heterocycles. The van der Waals surface area contributed by atoms with E-state index in [0.717, 1.165) is 11.1 Å². The number of rotatable bonds is 9. The van der Waals surface area contributed by atoms with Gasteiger partial charge in [0.15, 0.2) is 0 Å². The number of hydrogen-bond acceptors (Lipinski definition) is 13. The van der Waals surface area contributed by atoms with Crippen LogP contribution in [0.2, 0.25) is 0 Å². The van der Waals surface area contributed by atoms with Crippen molar-refractivity contribution >= 4 is 51.7 Å². The molecule has 0 saturated carbocycles. The average Bonchev–Trinajstić information content (AvgIpc) is 3.04. The van der Waals surface area contributed by atoms with E-state index in [1.807, 2.05) is 47.1 Å². The zero-order valence-corrected chi connectivity index (χ0v) is 28.8. The minimum Gasteiger partial charge on any atom is -0.506 e. The van der Waals surface area contributed by atoms with Gasteiger partial charge in [-0.1, -0.05) is 48.0 Å². The van der Waals surface area contributed by atoms with Crippen molar-refractivity contribution in [1.82, 2.24) is 15.0 Å². The molecule has 4 aromatic rings. The number of halogens is 1. The number of nitrogens with zero attached hydrogens (tertiary/aromatic N) is 6. The fourth-order valence-electron chi connectivity index (χ4n) is 6.14. The summed E-state index contributed by atoms with van der Waals surface area (Å²) in [4.78, 5) is 17.8. The van der Waals surface area contributed by atoms with E-state index < -0.39 is 16.1 Å². The first-order valence-electron chi connectivity index (χ1n) is 15.9. The van der Waals surface area contributed by atoms with Crippen LogP contribution in [0.1, 0.15) is 24.0 Å². The standard InChI is InChI=1S/C33H42N10O4S.ClH/c1-21-7-10-28(11-8-21)48(46,47)43(16-22-5-3-2-4-6-22)29-12-9-26(15-30(29)45)37-31-38-32(41-17-23(34)13-24(35)18-41)40-33(39-31)42-19-25(36)14-27(44)20-42;/h2-12,15,23-25,27,44-45H,13-14,16-20,34-36H2,1H3,(H,37,38,39,40);1H/t23-,24+,25-,27+;/m0./s1. The largest absolute Gasteiger partial charge is 0.506 e. The van der Waals surface area contributed by atoms with Crippen LogP contribution in [0.4, 0.5) is 29.2 Å². The molecule has 4 atom stereocenters. The predicted octanol–water partition coefficient (Wildman–Crippen LogP) is 2.21. The number of benzene rings is 3. The summed E-state index contributed by atoms with van der Waals surface area (Å²) in [6.07, 6.45) is 0.517. The Kier molecular flexibility index (Phi) is 11.1. The van der Waals surface area contributed by atoms with Crippen molar-refractivity contribution < 1.29 is 18.6 Å². The van der Waals surface area contributed by atoms with Gasteiger partial charge in [0.05, 0.1) is 23.2 Å². The van der Waals surface area contributed by atoms with Crippen LogP contribution in [0.15, 0.2) is 77.7 Å². The fraction of sp³-hybridized carbons (Fsp3) is 0.364. The molecule has 14 nitrogen and oxygen atoms in total. The molecule has 0 amide bonds. The molecular formula is C33H43ClN10O4S. The lowest BCUT2D eigenvalue weighted by Gasteiger charge is -2.36. The molecule has 6 rings (SSSR count). The molecule has 9 N–H and O–H groups in total. The van der Waals surface area contributed by atoms with Crippen molar-refractivity contribution in [2.45, 2.75) is 55.4 Å². The summed E-state index contributed by atoms with van der Waals surface area (Å²) < 4.78 is 29.1. The number of aromatic hydroxyl groups is 1. The van der Waals surface area contributed by atoms with Crippen LogP contribution in [0, 0.1) is 6.92 Å². The smallest absolute Gasteiger partial charge is 0.264 e. The molecule has 3 heterocycles. The lowest BCUT2D eigenvalue weighted by Crippen LogP contribution is -2.53. The number of aliphatic hydroxyl groups excluding tert-OH is 1. The summed E-state index contributed by atoms with van der Waals surface area (Å²) in [5.74, 6) is 0.598. The van der Waals surface area contributed by atoms with Crippen LogP contribution < -0.4 is 36.6 Å². The third-order valence-corrected chi connectivity index (χ3v) is 10.2. The second-order valence-electron chi connectivity index (χ2n) is 12.6. The Morgan fingerprint density at radius 1 is 0.837 bits per heavy atom. The van der Waals surface area contributed by atoms with Crippen LogP contribution in [0.5, 0.6) is 5.75 Å². The summed E-state index contributed by atoms with van der Waals surface area (Å²) in [5, 5.41) is 24.9. The van der Waals surface area contributed by atoms with Gasteiger partial charge in [-0.05, 0) is 49.6 Å². The van der Waals surface area contributed by atoms with E-state index in [1.54, 1.807) is 30.3 Å². The molecule has 2 saturated heterocycles. The van der Waals surface area contributed by atoms with Gasteiger partial charge in [-0.15, -0.1) is 12.4 Å². The summed E-state index contributed by atoms with van der Waals surface area (Å²) in [6.45, 7) is 3.64. The summed E-state index contributed by atoms with van der Waals surface area (Å²) in [7, 11) is -4.06. The lowest BCUT2D eigenvalue weighted by molar-refractivity contribution is 0.144. The van der Waals surface area contributed by atoms with Crippen LogP contribution in [0.25, 0.3) is 0 Å². The van der Waals surface area contributed by atoms with Crippen molar-refractivity contribution in [1.29, 1.82) is 0 Å². The zero-order valence-electron chi connectivity index (χ0n) is 27.1.